The zero-order chi connectivity index (χ0) is 18.0. The molecular weight excluding hydrogens is 322 g/mol. The van der Waals surface area contributed by atoms with E-state index in [2.05, 4.69) is 5.43 Å². The lowest BCUT2D eigenvalue weighted by Gasteiger charge is -2.40. The summed E-state index contributed by atoms with van der Waals surface area (Å²) < 4.78 is 0. The van der Waals surface area contributed by atoms with Crippen molar-refractivity contribution in [3.05, 3.63) is 30.3 Å². The molecule has 8 nitrogen and oxygen atoms in total. The maximum absolute atomic E-state index is 12.4. The van der Waals surface area contributed by atoms with Crippen LogP contribution in [0, 0.1) is 0 Å². The Kier molecular flexibility index (Phi) is 4.89. The molecule has 1 unspecified atom stereocenters. The molecule has 1 N–H and O–H groups in total. The molecule has 0 saturated carbocycles. The van der Waals surface area contributed by atoms with E-state index < -0.39 is 18.1 Å². The molecule has 3 amide bonds. The Morgan fingerprint density at radius 2 is 1.72 bits per heavy atom. The molecule has 2 aliphatic heterocycles. The molecule has 0 bridgehead atoms. The summed E-state index contributed by atoms with van der Waals surface area (Å²) in [4.78, 5) is 42.2. The van der Waals surface area contributed by atoms with E-state index >= 15 is 0 Å². The number of hydrogen-bond acceptors (Lipinski definition) is 5. The average Bonchev–Trinajstić information content (AvgIpc) is 3.05. The van der Waals surface area contributed by atoms with Gasteiger partial charge in [0.2, 0.25) is 5.91 Å². The lowest BCUT2D eigenvalue weighted by Crippen LogP contribution is -2.68. The molecule has 2 fully saturated rings. The largest absolute Gasteiger partial charge is 0.342 e. The minimum absolute atomic E-state index is 0.154. The summed E-state index contributed by atoms with van der Waals surface area (Å²) >= 11 is 0. The van der Waals surface area contributed by atoms with E-state index in [1.54, 1.807) is 4.90 Å². The van der Waals surface area contributed by atoms with Crippen LogP contribution in [0.25, 0.3) is 0 Å². The number of fused-ring (bicyclic) bond motifs is 1. The zero-order valence-electron chi connectivity index (χ0n) is 14.5. The first-order valence-corrected chi connectivity index (χ1v) is 8.55. The first-order valence-electron chi connectivity index (χ1n) is 8.55. The summed E-state index contributed by atoms with van der Waals surface area (Å²) in [5.41, 5.74) is 4.00. The highest BCUT2D eigenvalue weighted by Gasteiger charge is 2.45. The number of benzene rings is 1. The number of hydrogen-bond donors (Lipinski definition) is 1. The molecule has 0 aromatic heterocycles. The molecule has 1 aromatic rings. The Morgan fingerprint density at radius 3 is 2.36 bits per heavy atom. The fraction of sp³-hybridized carbons (Fsp3) is 0.471. The lowest BCUT2D eigenvalue weighted by molar-refractivity contribution is -0.164. The Morgan fingerprint density at radius 1 is 1.08 bits per heavy atom. The molecule has 134 valence electrons. The van der Waals surface area contributed by atoms with Gasteiger partial charge in [-0.3, -0.25) is 24.3 Å². The van der Waals surface area contributed by atoms with Crippen molar-refractivity contribution >= 4 is 23.4 Å². The summed E-state index contributed by atoms with van der Waals surface area (Å²) in [5.74, 6) is -1.45. The van der Waals surface area contributed by atoms with Gasteiger partial charge in [-0.05, 0) is 26.0 Å². The Labute approximate surface area is 146 Å². The van der Waals surface area contributed by atoms with Gasteiger partial charge in [0.05, 0.1) is 0 Å². The van der Waals surface area contributed by atoms with Crippen molar-refractivity contribution in [2.45, 2.75) is 20.1 Å². The van der Waals surface area contributed by atoms with Gasteiger partial charge in [0.1, 0.15) is 6.54 Å². The summed E-state index contributed by atoms with van der Waals surface area (Å²) in [7, 11) is 0. The van der Waals surface area contributed by atoms with Crippen LogP contribution in [0.5, 0.6) is 0 Å². The van der Waals surface area contributed by atoms with Crippen LogP contribution in [-0.2, 0) is 14.4 Å². The van der Waals surface area contributed by atoms with Crippen LogP contribution in [0.2, 0.25) is 0 Å². The van der Waals surface area contributed by atoms with Gasteiger partial charge in [0.25, 0.3) is 0 Å². The van der Waals surface area contributed by atoms with Gasteiger partial charge in [-0.25, -0.2) is 0 Å². The van der Waals surface area contributed by atoms with Crippen LogP contribution in [0.1, 0.15) is 13.8 Å². The summed E-state index contributed by atoms with van der Waals surface area (Å²) in [6, 6.07) is 9.69. The second kappa shape index (κ2) is 7.10. The second-order valence-corrected chi connectivity index (χ2v) is 5.99. The van der Waals surface area contributed by atoms with Gasteiger partial charge in [-0.1, -0.05) is 18.2 Å². The molecule has 25 heavy (non-hydrogen) atoms. The molecule has 0 spiro atoms. The van der Waals surface area contributed by atoms with Crippen molar-refractivity contribution in [2.75, 3.05) is 37.6 Å². The maximum atomic E-state index is 12.4. The standard InChI is InChI=1S/C17H23N5O3/c1-3-19(4-2)14(23)12-22-16(25)15(24)21-11-10-20(17(21)18-22)13-8-6-5-7-9-13/h5-9,17-18H,3-4,10-12H2,1-2H3. The van der Waals surface area contributed by atoms with Gasteiger partial charge >= 0.3 is 11.8 Å². The minimum Gasteiger partial charge on any atom is -0.342 e. The molecule has 8 heteroatoms. The highest BCUT2D eigenvalue weighted by Crippen LogP contribution is 2.24. The maximum Gasteiger partial charge on any atom is 0.326 e. The van der Waals surface area contributed by atoms with Crippen LogP contribution >= 0.6 is 0 Å². The SMILES string of the molecule is CCN(CC)C(=O)CN1NC2N(CCN2c2ccccc2)C(=O)C1=O. The number of rotatable bonds is 5. The van der Waals surface area contributed by atoms with E-state index in [9.17, 15) is 14.4 Å². The Hall–Kier alpha value is -2.61. The molecule has 0 aliphatic carbocycles. The number of carbonyl (C=O) groups is 3. The lowest BCUT2D eigenvalue weighted by atomic mass is 10.3. The quantitative estimate of drug-likeness (QED) is 0.750. The average molecular weight is 345 g/mol. The molecule has 1 atom stereocenters. The number of likely N-dealkylation sites (N-methyl/N-ethyl adjacent to an activating group) is 1. The third kappa shape index (κ3) is 3.17. The van der Waals surface area contributed by atoms with Gasteiger partial charge in [-0.15, -0.1) is 0 Å². The first kappa shape index (κ1) is 17.2. The monoisotopic (exact) mass is 345 g/mol. The smallest absolute Gasteiger partial charge is 0.326 e. The van der Waals surface area contributed by atoms with Crippen LogP contribution < -0.4 is 10.3 Å². The number of anilines is 1. The van der Waals surface area contributed by atoms with Crippen LogP contribution in [-0.4, -0.2) is 71.5 Å². The predicted molar refractivity (Wildman–Crippen MR) is 92.1 cm³/mol. The molecule has 0 radical (unpaired) electrons. The van der Waals surface area contributed by atoms with Gasteiger partial charge in [0, 0.05) is 31.9 Å². The second-order valence-electron chi connectivity index (χ2n) is 5.99. The van der Waals surface area contributed by atoms with E-state index in [4.69, 9.17) is 0 Å². The van der Waals surface area contributed by atoms with Crippen molar-refractivity contribution in [2.24, 2.45) is 0 Å². The zero-order valence-corrected chi connectivity index (χ0v) is 14.5. The van der Waals surface area contributed by atoms with Crippen molar-refractivity contribution in [1.82, 2.24) is 20.2 Å². The van der Waals surface area contributed by atoms with E-state index in [0.717, 1.165) is 10.7 Å². The van der Waals surface area contributed by atoms with Crippen molar-refractivity contribution in [3.63, 3.8) is 0 Å². The van der Waals surface area contributed by atoms with Crippen LogP contribution in [0.15, 0.2) is 30.3 Å². The molecule has 1 aromatic carbocycles. The fourth-order valence-corrected chi connectivity index (χ4v) is 3.24. The Balaban J connectivity index is 1.78. The number of hydrazine groups is 1. The van der Waals surface area contributed by atoms with Crippen molar-refractivity contribution in [3.8, 4) is 0 Å². The first-order chi connectivity index (χ1) is 12.1. The number of nitrogens with one attached hydrogen (secondary N) is 1. The highest BCUT2D eigenvalue weighted by atomic mass is 16.2. The predicted octanol–water partition coefficient (Wildman–Crippen LogP) is -0.166. The van der Waals surface area contributed by atoms with E-state index in [-0.39, 0.29) is 12.5 Å². The van der Waals surface area contributed by atoms with E-state index in [1.807, 2.05) is 49.1 Å². The van der Waals surface area contributed by atoms with Crippen molar-refractivity contribution in [1.29, 1.82) is 0 Å². The molecule has 2 saturated heterocycles. The molecule has 2 aliphatic rings. The topological polar surface area (TPSA) is 76.2 Å². The van der Waals surface area contributed by atoms with Gasteiger partial charge in [0.15, 0.2) is 6.29 Å². The van der Waals surface area contributed by atoms with E-state index in [1.165, 1.54) is 4.90 Å². The number of para-hydroxylation sites is 1. The highest BCUT2D eigenvalue weighted by molar-refractivity contribution is 6.35. The summed E-state index contributed by atoms with van der Waals surface area (Å²) in [5, 5.41) is 1.14. The minimum atomic E-state index is -0.688. The molecule has 3 rings (SSSR count). The number of carbonyl (C=O) groups excluding carboxylic acids is 3. The summed E-state index contributed by atoms with van der Waals surface area (Å²) in [6.07, 6.45) is -0.461. The summed E-state index contributed by atoms with van der Waals surface area (Å²) in [6.45, 7) is 5.84. The van der Waals surface area contributed by atoms with Crippen LogP contribution in [0.4, 0.5) is 5.69 Å². The third-order valence-electron chi connectivity index (χ3n) is 4.63. The van der Waals surface area contributed by atoms with Crippen molar-refractivity contribution < 1.29 is 14.4 Å². The fourth-order valence-electron chi connectivity index (χ4n) is 3.24. The number of nitrogens with zero attached hydrogens (tertiary/aromatic N) is 4. The third-order valence-corrected chi connectivity index (χ3v) is 4.63. The van der Waals surface area contributed by atoms with Gasteiger partial charge in [-0.2, -0.15) is 5.43 Å². The van der Waals surface area contributed by atoms with E-state index in [0.29, 0.717) is 26.2 Å². The molecule has 2 heterocycles. The Bertz CT molecular complexity index is 662. The van der Waals surface area contributed by atoms with Gasteiger partial charge < -0.3 is 9.80 Å². The molecular formula is C17H23N5O3. The van der Waals surface area contributed by atoms with Crippen LogP contribution in [0.3, 0.4) is 0 Å². The number of amides is 3. The normalized spacial score (nSPS) is 20.1.